The van der Waals surface area contributed by atoms with Gasteiger partial charge in [0.2, 0.25) is 0 Å². The number of nitrogens with one attached hydrogen (secondary N) is 1. The SMILES string of the molecule is O=C(COc1ccc(/C=C2\SC(=S)N(c3ccc(Cl)c(Cl)c3)C2=O)cc1)Nc1cccc(Cl)c1Cl. The lowest BCUT2D eigenvalue weighted by molar-refractivity contribution is -0.118. The van der Waals surface area contributed by atoms with Crippen LogP contribution >= 0.6 is 70.4 Å². The Labute approximate surface area is 230 Å². The van der Waals surface area contributed by atoms with Gasteiger partial charge in [0.1, 0.15) is 5.75 Å². The number of benzene rings is 3. The van der Waals surface area contributed by atoms with E-state index in [9.17, 15) is 9.59 Å². The molecule has 0 aliphatic carbocycles. The molecular formula is C24H14Cl4N2O3S2. The number of ether oxygens (including phenoxy) is 1. The van der Waals surface area contributed by atoms with E-state index in [4.69, 9.17) is 63.4 Å². The van der Waals surface area contributed by atoms with Gasteiger partial charge in [0.15, 0.2) is 10.9 Å². The summed E-state index contributed by atoms with van der Waals surface area (Å²) in [5.41, 5.74) is 1.72. The van der Waals surface area contributed by atoms with Gasteiger partial charge in [-0.05, 0) is 54.1 Å². The third-order valence-corrected chi connectivity index (χ3v) is 7.59. The lowest BCUT2D eigenvalue weighted by Gasteiger charge is -2.15. The average Bonchev–Trinajstić information content (AvgIpc) is 3.11. The normalized spacial score (nSPS) is 14.5. The molecule has 1 N–H and O–H groups in total. The van der Waals surface area contributed by atoms with Gasteiger partial charge in [-0.2, -0.15) is 0 Å². The van der Waals surface area contributed by atoms with Gasteiger partial charge in [-0.1, -0.05) is 88.6 Å². The Kier molecular flexibility index (Phi) is 8.27. The molecule has 178 valence electrons. The molecule has 1 aliphatic rings. The summed E-state index contributed by atoms with van der Waals surface area (Å²) in [5.74, 6) is -0.155. The van der Waals surface area contributed by atoms with Crippen LogP contribution in [0.5, 0.6) is 5.75 Å². The summed E-state index contributed by atoms with van der Waals surface area (Å²) in [6, 6.07) is 16.8. The standard InChI is InChI=1S/C24H14Cl4N2O3S2/c25-16-9-6-14(11-18(16)27)30-23(32)20(35-24(30)34)10-13-4-7-15(8-5-13)33-12-21(31)29-19-3-1-2-17(26)22(19)28/h1-11H,12H2,(H,29,31)/b20-10-. The van der Waals surface area contributed by atoms with Gasteiger partial charge in [-0.25, -0.2) is 0 Å². The fourth-order valence-electron chi connectivity index (χ4n) is 3.06. The quantitative estimate of drug-likeness (QED) is 0.238. The summed E-state index contributed by atoms with van der Waals surface area (Å²) in [5, 5.41) is 3.98. The molecule has 3 aromatic rings. The molecule has 35 heavy (non-hydrogen) atoms. The Hall–Kier alpha value is -2.26. The molecule has 3 aromatic carbocycles. The Balaban J connectivity index is 1.38. The number of hydrogen-bond donors (Lipinski definition) is 1. The van der Waals surface area contributed by atoms with Gasteiger partial charge in [0, 0.05) is 0 Å². The summed E-state index contributed by atoms with van der Waals surface area (Å²) in [7, 11) is 0. The number of carbonyl (C=O) groups is 2. The second-order valence-corrected chi connectivity index (χ2v) is 10.4. The molecule has 0 bridgehead atoms. The van der Waals surface area contributed by atoms with Crippen molar-refractivity contribution in [1.29, 1.82) is 0 Å². The van der Waals surface area contributed by atoms with E-state index in [1.54, 1.807) is 66.7 Å². The van der Waals surface area contributed by atoms with Gasteiger partial charge in [0.25, 0.3) is 11.8 Å². The number of rotatable bonds is 6. The van der Waals surface area contributed by atoms with Crippen molar-refractivity contribution in [3.05, 3.63) is 91.2 Å². The minimum Gasteiger partial charge on any atom is -0.484 e. The van der Waals surface area contributed by atoms with E-state index < -0.39 is 0 Å². The molecule has 0 unspecified atom stereocenters. The fourth-order valence-corrected chi connectivity index (χ4v) is 5.00. The lowest BCUT2D eigenvalue weighted by atomic mass is 10.2. The number of carbonyl (C=O) groups excluding carboxylic acids is 2. The average molecular weight is 584 g/mol. The summed E-state index contributed by atoms with van der Waals surface area (Å²) in [6.45, 7) is -0.218. The number of thiocarbonyl (C=S) groups is 1. The van der Waals surface area contributed by atoms with Crippen LogP contribution in [0.3, 0.4) is 0 Å². The number of anilines is 2. The zero-order valence-electron chi connectivity index (χ0n) is 17.6. The minimum absolute atomic E-state index is 0.218. The smallest absolute Gasteiger partial charge is 0.270 e. The lowest BCUT2D eigenvalue weighted by Crippen LogP contribution is -2.27. The molecule has 4 rings (SSSR count). The highest BCUT2D eigenvalue weighted by atomic mass is 35.5. The Bertz CT molecular complexity index is 1360. The number of hydrogen-bond acceptors (Lipinski definition) is 5. The molecule has 5 nitrogen and oxygen atoms in total. The van der Waals surface area contributed by atoms with Gasteiger partial charge in [-0.3, -0.25) is 14.5 Å². The zero-order chi connectivity index (χ0) is 25.1. The van der Waals surface area contributed by atoms with E-state index in [1.807, 2.05) is 0 Å². The van der Waals surface area contributed by atoms with Crippen LogP contribution in [0, 0.1) is 0 Å². The van der Waals surface area contributed by atoms with Gasteiger partial charge < -0.3 is 10.1 Å². The van der Waals surface area contributed by atoms with Crippen LogP contribution < -0.4 is 15.0 Å². The van der Waals surface area contributed by atoms with Crippen molar-refractivity contribution >= 4 is 104 Å². The second-order valence-electron chi connectivity index (χ2n) is 7.12. The molecule has 0 spiro atoms. The van der Waals surface area contributed by atoms with Crippen LogP contribution in [-0.2, 0) is 9.59 Å². The topological polar surface area (TPSA) is 58.6 Å². The monoisotopic (exact) mass is 582 g/mol. The molecule has 0 atom stereocenters. The van der Waals surface area contributed by atoms with Gasteiger partial charge in [-0.15, -0.1) is 0 Å². The maximum atomic E-state index is 12.9. The zero-order valence-corrected chi connectivity index (χ0v) is 22.2. The highest BCUT2D eigenvalue weighted by Gasteiger charge is 2.33. The first-order valence-electron chi connectivity index (χ1n) is 9.92. The van der Waals surface area contributed by atoms with Gasteiger partial charge >= 0.3 is 0 Å². The Morgan fingerprint density at radius 1 is 1.00 bits per heavy atom. The van der Waals surface area contributed by atoms with Crippen molar-refractivity contribution in [2.24, 2.45) is 0 Å². The van der Waals surface area contributed by atoms with E-state index >= 15 is 0 Å². The van der Waals surface area contributed by atoms with Crippen molar-refractivity contribution < 1.29 is 14.3 Å². The molecule has 11 heteroatoms. The Morgan fingerprint density at radius 3 is 2.46 bits per heavy atom. The first-order chi connectivity index (χ1) is 16.7. The van der Waals surface area contributed by atoms with Crippen molar-refractivity contribution in [3.8, 4) is 5.75 Å². The predicted molar refractivity (Wildman–Crippen MR) is 149 cm³/mol. The molecule has 1 fully saturated rings. The van der Waals surface area contributed by atoms with E-state index in [0.29, 0.717) is 41.4 Å². The summed E-state index contributed by atoms with van der Waals surface area (Å²) < 4.78 is 5.93. The molecule has 0 aromatic heterocycles. The number of nitrogens with zero attached hydrogens (tertiary/aromatic N) is 1. The van der Waals surface area contributed by atoms with E-state index in [2.05, 4.69) is 5.32 Å². The van der Waals surface area contributed by atoms with Crippen LogP contribution in [-0.4, -0.2) is 22.7 Å². The number of halogens is 4. The number of thioether (sulfide) groups is 1. The maximum Gasteiger partial charge on any atom is 0.270 e. The van der Waals surface area contributed by atoms with Crippen molar-refractivity contribution in [1.82, 2.24) is 0 Å². The minimum atomic E-state index is -0.385. The Morgan fingerprint density at radius 2 is 1.74 bits per heavy atom. The summed E-state index contributed by atoms with van der Waals surface area (Å²) in [4.78, 5) is 27.0. The van der Waals surface area contributed by atoms with Crippen LogP contribution in [0.2, 0.25) is 20.1 Å². The molecule has 1 heterocycles. The first-order valence-corrected chi connectivity index (χ1v) is 12.7. The van der Waals surface area contributed by atoms with Crippen LogP contribution in [0.25, 0.3) is 6.08 Å². The highest BCUT2D eigenvalue weighted by molar-refractivity contribution is 8.27. The predicted octanol–water partition coefficient (Wildman–Crippen LogP) is 7.72. The van der Waals surface area contributed by atoms with Gasteiger partial charge in [0.05, 0.1) is 36.4 Å². The van der Waals surface area contributed by atoms with Crippen LogP contribution in [0.1, 0.15) is 5.56 Å². The van der Waals surface area contributed by atoms with E-state index in [-0.39, 0.29) is 23.4 Å². The highest BCUT2D eigenvalue weighted by Crippen LogP contribution is 2.38. The third-order valence-electron chi connectivity index (χ3n) is 4.73. The van der Waals surface area contributed by atoms with Crippen LogP contribution in [0.4, 0.5) is 11.4 Å². The molecule has 0 saturated carbocycles. The van der Waals surface area contributed by atoms with E-state index in [0.717, 1.165) is 5.56 Å². The second kappa shape index (κ2) is 11.2. The molecule has 0 radical (unpaired) electrons. The maximum absolute atomic E-state index is 12.9. The van der Waals surface area contributed by atoms with Crippen molar-refractivity contribution in [3.63, 3.8) is 0 Å². The molecule has 1 saturated heterocycles. The van der Waals surface area contributed by atoms with Crippen LogP contribution in [0.15, 0.2) is 65.6 Å². The largest absolute Gasteiger partial charge is 0.484 e. The fraction of sp³-hybridized carbons (Fsp3) is 0.0417. The third kappa shape index (κ3) is 6.12. The van der Waals surface area contributed by atoms with Crippen molar-refractivity contribution in [2.75, 3.05) is 16.8 Å². The van der Waals surface area contributed by atoms with Crippen molar-refractivity contribution in [2.45, 2.75) is 0 Å². The molecule has 2 amide bonds. The summed E-state index contributed by atoms with van der Waals surface area (Å²) >= 11 is 30.7. The van der Waals surface area contributed by atoms with E-state index in [1.165, 1.54) is 16.7 Å². The molecule has 1 aliphatic heterocycles. The first kappa shape index (κ1) is 25.8. The molecular weight excluding hydrogens is 570 g/mol. The number of amides is 2. The summed E-state index contributed by atoms with van der Waals surface area (Å²) in [6.07, 6.45) is 1.73.